The van der Waals surface area contributed by atoms with Crippen LogP contribution in [0.4, 0.5) is 5.69 Å². The summed E-state index contributed by atoms with van der Waals surface area (Å²) >= 11 is 0. The van der Waals surface area contributed by atoms with E-state index in [1.54, 1.807) is 36.1 Å². The first kappa shape index (κ1) is 14.2. The van der Waals surface area contributed by atoms with Crippen molar-refractivity contribution in [1.82, 2.24) is 0 Å². The monoisotopic (exact) mass is 273 g/mol. The Hall–Kier alpha value is -2.23. The van der Waals surface area contributed by atoms with Crippen molar-refractivity contribution in [2.24, 2.45) is 0 Å². The number of phenols is 1. The average molecular weight is 273 g/mol. The Labute approximate surface area is 118 Å². The minimum atomic E-state index is -0.115. The number of furan rings is 1. The van der Waals surface area contributed by atoms with Crippen LogP contribution in [0.1, 0.15) is 34.4 Å². The summed E-state index contributed by atoms with van der Waals surface area (Å²) in [5.41, 5.74) is 2.22. The van der Waals surface area contributed by atoms with Gasteiger partial charge >= 0.3 is 0 Å². The molecular formula is C16H19NO3. The summed E-state index contributed by atoms with van der Waals surface area (Å²) in [5, 5.41) is 9.64. The van der Waals surface area contributed by atoms with E-state index in [0.29, 0.717) is 17.9 Å². The number of phenolic OH excluding ortho intramolecular Hbond substituents is 1. The molecular weight excluding hydrogens is 254 g/mol. The molecule has 0 saturated carbocycles. The number of amides is 1. The molecule has 0 aliphatic rings. The molecule has 1 heterocycles. The topological polar surface area (TPSA) is 53.7 Å². The van der Waals surface area contributed by atoms with Crippen molar-refractivity contribution in [2.45, 2.75) is 27.7 Å². The van der Waals surface area contributed by atoms with Crippen LogP contribution in [-0.2, 0) is 0 Å². The van der Waals surface area contributed by atoms with Crippen LogP contribution in [0.25, 0.3) is 0 Å². The van der Waals surface area contributed by atoms with E-state index >= 15 is 0 Å². The molecule has 0 radical (unpaired) electrons. The van der Waals surface area contributed by atoms with E-state index in [1.807, 2.05) is 20.8 Å². The fraction of sp³-hybridized carbons (Fsp3) is 0.312. The van der Waals surface area contributed by atoms with Gasteiger partial charge in [-0.3, -0.25) is 4.79 Å². The van der Waals surface area contributed by atoms with Crippen molar-refractivity contribution in [3.8, 4) is 5.75 Å². The largest absolute Gasteiger partial charge is 0.508 e. The van der Waals surface area contributed by atoms with E-state index in [1.165, 1.54) is 0 Å². The number of aromatic hydroxyl groups is 1. The van der Waals surface area contributed by atoms with Gasteiger partial charge in [-0.1, -0.05) is 6.07 Å². The highest BCUT2D eigenvalue weighted by atomic mass is 16.3. The number of anilines is 1. The maximum absolute atomic E-state index is 12.7. The van der Waals surface area contributed by atoms with Crippen LogP contribution in [0, 0.1) is 20.8 Å². The minimum absolute atomic E-state index is 0.115. The molecule has 2 aromatic rings. The van der Waals surface area contributed by atoms with E-state index in [-0.39, 0.29) is 11.7 Å². The van der Waals surface area contributed by atoms with E-state index < -0.39 is 0 Å². The lowest BCUT2D eigenvalue weighted by Crippen LogP contribution is -2.31. The molecule has 1 aromatic carbocycles. The Morgan fingerprint density at radius 3 is 2.50 bits per heavy atom. The first-order valence-electron chi connectivity index (χ1n) is 6.62. The first-order chi connectivity index (χ1) is 9.43. The van der Waals surface area contributed by atoms with Crippen molar-refractivity contribution in [2.75, 3.05) is 11.4 Å². The molecule has 0 atom stereocenters. The molecule has 0 spiro atoms. The Bertz CT molecular complexity index is 643. The zero-order valence-electron chi connectivity index (χ0n) is 12.2. The molecule has 0 bridgehead atoms. The molecule has 1 aromatic heterocycles. The van der Waals surface area contributed by atoms with Crippen LogP contribution in [0.2, 0.25) is 0 Å². The third-order valence-corrected chi connectivity index (χ3v) is 3.32. The van der Waals surface area contributed by atoms with Crippen molar-refractivity contribution < 1.29 is 14.3 Å². The van der Waals surface area contributed by atoms with Gasteiger partial charge < -0.3 is 14.4 Å². The van der Waals surface area contributed by atoms with Crippen LogP contribution in [0.3, 0.4) is 0 Å². The number of hydrogen-bond donors (Lipinski definition) is 1. The van der Waals surface area contributed by atoms with E-state index in [9.17, 15) is 9.90 Å². The number of benzene rings is 1. The quantitative estimate of drug-likeness (QED) is 0.930. The highest BCUT2D eigenvalue weighted by Crippen LogP contribution is 2.27. The Kier molecular flexibility index (Phi) is 3.84. The van der Waals surface area contributed by atoms with E-state index in [4.69, 9.17) is 4.42 Å². The summed E-state index contributed by atoms with van der Waals surface area (Å²) in [6.45, 7) is 7.94. The van der Waals surface area contributed by atoms with Gasteiger partial charge in [-0.2, -0.15) is 0 Å². The van der Waals surface area contributed by atoms with Gasteiger partial charge in [0.25, 0.3) is 5.91 Å². The van der Waals surface area contributed by atoms with Gasteiger partial charge in [-0.15, -0.1) is 0 Å². The fourth-order valence-electron chi connectivity index (χ4n) is 2.30. The third-order valence-electron chi connectivity index (χ3n) is 3.32. The first-order valence-corrected chi connectivity index (χ1v) is 6.62. The number of nitrogens with zero attached hydrogens (tertiary/aromatic N) is 1. The Morgan fingerprint density at radius 2 is 1.95 bits per heavy atom. The maximum Gasteiger partial charge on any atom is 0.261 e. The summed E-state index contributed by atoms with van der Waals surface area (Å²) < 4.78 is 5.42. The highest BCUT2D eigenvalue weighted by Gasteiger charge is 2.22. The third kappa shape index (κ3) is 2.54. The van der Waals surface area contributed by atoms with Gasteiger partial charge in [0.05, 0.1) is 11.3 Å². The lowest BCUT2D eigenvalue weighted by Gasteiger charge is -2.23. The minimum Gasteiger partial charge on any atom is -0.508 e. The van der Waals surface area contributed by atoms with Gasteiger partial charge in [-0.05, 0) is 45.4 Å². The van der Waals surface area contributed by atoms with E-state index in [2.05, 4.69) is 0 Å². The summed E-state index contributed by atoms with van der Waals surface area (Å²) in [4.78, 5) is 14.3. The summed E-state index contributed by atoms with van der Waals surface area (Å²) in [5.74, 6) is 1.37. The molecule has 20 heavy (non-hydrogen) atoms. The zero-order valence-corrected chi connectivity index (χ0v) is 12.2. The molecule has 0 saturated heterocycles. The van der Waals surface area contributed by atoms with Crippen molar-refractivity contribution >= 4 is 11.6 Å². The van der Waals surface area contributed by atoms with Crippen molar-refractivity contribution in [3.05, 3.63) is 46.9 Å². The summed E-state index contributed by atoms with van der Waals surface area (Å²) in [6, 6.07) is 6.77. The molecule has 0 unspecified atom stereocenters. The molecule has 0 aliphatic carbocycles. The average Bonchev–Trinajstić information content (AvgIpc) is 2.73. The Balaban J connectivity index is 2.44. The van der Waals surface area contributed by atoms with Gasteiger partial charge in [0.15, 0.2) is 0 Å². The highest BCUT2D eigenvalue weighted by molar-refractivity contribution is 6.07. The number of rotatable bonds is 3. The fourth-order valence-corrected chi connectivity index (χ4v) is 2.30. The number of carbonyl (C=O) groups is 1. The van der Waals surface area contributed by atoms with Crippen molar-refractivity contribution in [3.63, 3.8) is 0 Å². The number of aryl methyl sites for hydroxylation is 3. The molecule has 2 rings (SSSR count). The number of carbonyl (C=O) groups excluding carboxylic acids is 1. The van der Waals surface area contributed by atoms with Crippen LogP contribution in [0.5, 0.6) is 5.75 Å². The molecule has 4 heteroatoms. The van der Waals surface area contributed by atoms with Gasteiger partial charge in [0.1, 0.15) is 17.3 Å². The SMILES string of the molecule is CCN(C(=O)c1cc(C)oc1C)c1cc(O)ccc1C. The Morgan fingerprint density at radius 1 is 1.25 bits per heavy atom. The lowest BCUT2D eigenvalue weighted by molar-refractivity contribution is 0.0986. The lowest BCUT2D eigenvalue weighted by atomic mass is 10.1. The van der Waals surface area contributed by atoms with Gasteiger partial charge in [0, 0.05) is 12.6 Å². The predicted molar refractivity (Wildman–Crippen MR) is 78.4 cm³/mol. The molecule has 1 amide bonds. The normalized spacial score (nSPS) is 10.6. The van der Waals surface area contributed by atoms with Crippen LogP contribution in [0.15, 0.2) is 28.7 Å². The van der Waals surface area contributed by atoms with E-state index in [0.717, 1.165) is 17.0 Å². The standard InChI is InChI=1S/C16H19NO3/c1-5-17(15-9-13(18)7-6-10(15)2)16(19)14-8-11(3)20-12(14)4/h6-9,18H,5H2,1-4H3. The van der Waals surface area contributed by atoms with Gasteiger partial charge in [-0.25, -0.2) is 0 Å². The van der Waals surface area contributed by atoms with Crippen LogP contribution < -0.4 is 4.90 Å². The predicted octanol–water partition coefficient (Wildman–Crippen LogP) is 3.58. The molecule has 1 N–H and O–H groups in total. The number of hydrogen-bond acceptors (Lipinski definition) is 3. The van der Waals surface area contributed by atoms with Crippen LogP contribution in [-0.4, -0.2) is 17.6 Å². The second kappa shape index (κ2) is 5.41. The molecule has 4 nitrogen and oxygen atoms in total. The van der Waals surface area contributed by atoms with Crippen LogP contribution >= 0.6 is 0 Å². The molecule has 0 aliphatic heterocycles. The van der Waals surface area contributed by atoms with Crippen molar-refractivity contribution in [1.29, 1.82) is 0 Å². The molecule has 106 valence electrons. The van der Waals surface area contributed by atoms with Gasteiger partial charge in [0.2, 0.25) is 0 Å². The zero-order chi connectivity index (χ0) is 14.9. The second-order valence-corrected chi connectivity index (χ2v) is 4.85. The second-order valence-electron chi connectivity index (χ2n) is 4.85. The maximum atomic E-state index is 12.7. The molecule has 0 fully saturated rings. The smallest absolute Gasteiger partial charge is 0.261 e. The summed E-state index contributed by atoms with van der Waals surface area (Å²) in [6.07, 6.45) is 0. The summed E-state index contributed by atoms with van der Waals surface area (Å²) in [7, 11) is 0.